The Labute approximate surface area is 258 Å². The molecule has 3 aromatic heterocycles. The first-order valence-electron chi connectivity index (χ1n) is 14.9. The molecule has 0 aliphatic carbocycles. The summed E-state index contributed by atoms with van der Waals surface area (Å²) in [6, 6.07) is 49.4. The molecule has 6 aromatic carbocycles. The molecular weight excluding hydrogens is 552 g/mol. The van der Waals surface area contributed by atoms with E-state index in [9.17, 15) is 0 Å². The number of fused-ring (bicyclic) bond motifs is 5. The zero-order valence-electron chi connectivity index (χ0n) is 24.1. The summed E-state index contributed by atoms with van der Waals surface area (Å²) in [7, 11) is 0. The van der Waals surface area contributed by atoms with Crippen molar-refractivity contribution in [2.45, 2.75) is 0 Å². The minimum atomic E-state index is 0.607. The predicted octanol–water partition coefficient (Wildman–Crippen LogP) is 10.1. The fourth-order valence-electron chi connectivity index (χ4n) is 6.06. The molecular formula is C40H24N4O. The fourth-order valence-corrected chi connectivity index (χ4v) is 6.06. The third-order valence-corrected chi connectivity index (χ3v) is 8.32. The van der Waals surface area contributed by atoms with E-state index in [1.54, 1.807) is 0 Å². The zero-order valence-corrected chi connectivity index (χ0v) is 24.1. The summed E-state index contributed by atoms with van der Waals surface area (Å²) in [4.78, 5) is 20.1. The third kappa shape index (κ3) is 4.41. The molecule has 0 saturated heterocycles. The van der Waals surface area contributed by atoms with Crippen LogP contribution in [0.15, 0.2) is 150 Å². The van der Waals surface area contributed by atoms with Gasteiger partial charge in [-0.25, -0.2) is 19.9 Å². The maximum absolute atomic E-state index is 6.09. The molecule has 0 unspecified atom stereocenters. The molecule has 0 radical (unpaired) electrons. The van der Waals surface area contributed by atoms with Gasteiger partial charge in [0.2, 0.25) is 0 Å². The van der Waals surface area contributed by atoms with Gasteiger partial charge in [-0.3, -0.25) is 0 Å². The number of benzene rings is 6. The van der Waals surface area contributed by atoms with Gasteiger partial charge in [-0.15, -0.1) is 0 Å². The number of pyridine rings is 1. The average molecular weight is 577 g/mol. The van der Waals surface area contributed by atoms with Crippen molar-refractivity contribution < 1.29 is 4.42 Å². The fraction of sp³-hybridized carbons (Fsp3) is 0. The van der Waals surface area contributed by atoms with E-state index in [0.29, 0.717) is 17.5 Å². The first-order chi connectivity index (χ1) is 22.3. The van der Waals surface area contributed by atoms with Crippen molar-refractivity contribution >= 4 is 43.6 Å². The second kappa shape index (κ2) is 10.2. The van der Waals surface area contributed by atoms with Crippen LogP contribution >= 0.6 is 0 Å². The van der Waals surface area contributed by atoms with Crippen molar-refractivity contribution in [1.29, 1.82) is 0 Å². The number of rotatable bonds is 4. The highest BCUT2D eigenvalue weighted by Gasteiger charge is 2.16. The van der Waals surface area contributed by atoms with E-state index in [-0.39, 0.29) is 0 Å². The van der Waals surface area contributed by atoms with Crippen LogP contribution in [0.25, 0.3) is 89.0 Å². The highest BCUT2D eigenvalue weighted by molar-refractivity contribution is 6.06. The summed E-state index contributed by atoms with van der Waals surface area (Å²) in [6.07, 6.45) is 0. The summed E-state index contributed by atoms with van der Waals surface area (Å²) >= 11 is 0. The molecule has 0 aliphatic heterocycles. The van der Waals surface area contributed by atoms with Crippen LogP contribution in [0, 0.1) is 0 Å². The lowest BCUT2D eigenvalue weighted by Gasteiger charge is -2.11. The summed E-state index contributed by atoms with van der Waals surface area (Å²) < 4.78 is 6.09. The Morgan fingerprint density at radius 2 is 1.07 bits per heavy atom. The van der Waals surface area contributed by atoms with Gasteiger partial charge in [0, 0.05) is 38.4 Å². The van der Waals surface area contributed by atoms with Gasteiger partial charge in [-0.1, -0.05) is 103 Å². The van der Waals surface area contributed by atoms with Gasteiger partial charge in [0.1, 0.15) is 11.2 Å². The number of aromatic nitrogens is 4. The molecule has 5 nitrogen and oxygen atoms in total. The number of nitrogens with zero attached hydrogens (tertiary/aromatic N) is 4. The summed E-state index contributed by atoms with van der Waals surface area (Å²) in [5.74, 6) is 1.85. The maximum Gasteiger partial charge on any atom is 0.164 e. The van der Waals surface area contributed by atoms with E-state index in [2.05, 4.69) is 66.7 Å². The van der Waals surface area contributed by atoms with Gasteiger partial charge in [-0.2, -0.15) is 0 Å². The first kappa shape index (κ1) is 25.3. The van der Waals surface area contributed by atoms with Crippen molar-refractivity contribution in [1.82, 2.24) is 19.9 Å². The van der Waals surface area contributed by atoms with E-state index in [0.717, 1.165) is 71.6 Å². The number of para-hydroxylation sites is 2. The number of furan rings is 1. The molecule has 3 heterocycles. The lowest BCUT2D eigenvalue weighted by molar-refractivity contribution is 0.669. The van der Waals surface area contributed by atoms with Crippen molar-refractivity contribution in [3.8, 4) is 45.4 Å². The zero-order chi connectivity index (χ0) is 29.7. The Kier molecular flexibility index (Phi) is 5.74. The first-order valence-corrected chi connectivity index (χ1v) is 14.9. The molecule has 9 rings (SSSR count). The van der Waals surface area contributed by atoms with Gasteiger partial charge in [0.05, 0.1) is 11.2 Å². The van der Waals surface area contributed by atoms with E-state index in [1.165, 1.54) is 0 Å². The van der Waals surface area contributed by atoms with E-state index < -0.39 is 0 Å². The van der Waals surface area contributed by atoms with Crippen molar-refractivity contribution in [3.05, 3.63) is 146 Å². The predicted molar refractivity (Wildman–Crippen MR) is 182 cm³/mol. The molecule has 5 heteroatoms. The van der Waals surface area contributed by atoms with Gasteiger partial charge >= 0.3 is 0 Å². The highest BCUT2D eigenvalue weighted by Crippen LogP contribution is 2.35. The topological polar surface area (TPSA) is 64.7 Å². The van der Waals surface area contributed by atoms with Crippen LogP contribution in [0.4, 0.5) is 0 Å². The number of hydrogen-bond donors (Lipinski definition) is 0. The minimum absolute atomic E-state index is 0.607. The van der Waals surface area contributed by atoms with Crippen LogP contribution in [0.2, 0.25) is 0 Å². The molecule has 45 heavy (non-hydrogen) atoms. The summed E-state index contributed by atoms with van der Waals surface area (Å²) in [6.45, 7) is 0. The minimum Gasteiger partial charge on any atom is -0.456 e. The van der Waals surface area contributed by atoms with Crippen LogP contribution in [0.3, 0.4) is 0 Å². The van der Waals surface area contributed by atoms with Crippen LogP contribution in [0.1, 0.15) is 0 Å². The Bertz CT molecular complexity index is 2550. The lowest BCUT2D eigenvalue weighted by Crippen LogP contribution is -2.00. The molecule has 9 aromatic rings. The van der Waals surface area contributed by atoms with Crippen LogP contribution in [-0.4, -0.2) is 19.9 Å². The Hall–Kier alpha value is -6.20. The van der Waals surface area contributed by atoms with Gasteiger partial charge in [-0.05, 0) is 53.2 Å². The largest absolute Gasteiger partial charge is 0.456 e. The van der Waals surface area contributed by atoms with Crippen LogP contribution < -0.4 is 0 Å². The van der Waals surface area contributed by atoms with E-state index in [4.69, 9.17) is 24.4 Å². The monoisotopic (exact) mass is 576 g/mol. The van der Waals surface area contributed by atoms with Gasteiger partial charge in [0.25, 0.3) is 0 Å². The Morgan fingerprint density at radius 3 is 2.00 bits per heavy atom. The normalized spacial score (nSPS) is 11.6. The second-order valence-corrected chi connectivity index (χ2v) is 11.1. The van der Waals surface area contributed by atoms with Crippen LogP contribution in [-0.2, 0) is 0 Å². The van der Waals surface area contributed by atoms with E-state index >= 15 is 0 Å². The Morgan fingerprint density at radius 1 is 0.378 bits per heavy atom. The molecule has 0 amide bonds. The van der Waals surface area contributed by atoms with Crippen molar-refractivity contribution in [2.75, 3.05) is 0 Å². The van der Waals surface area contributed by atoms with Crippen molar-refractivity contribution in [3.63, 3.8) is 0 Å². The summed E-state index contributed by atoms with van der Waals surface area (Å²) in [5, 5.41) is 5.37. The highest BCUT2D eigenvalue weighted by atomic mass is 16.3. The second-order valence-electron chi connectivity index (χ2n) is 11.1. The lowest BCUT2D eigenvalue weighted by atomic mass is 9.99. The maximum atomic E-state index is 6.09. The molecule has 0 atom stereocenters. The Balaban J connectivity index is 1.24. The van der Waals surface area contributed by atoms with Gasteiger partial charge in [0.15, 0.2) is 17.5 Å². The molecule has 0 fully saturated rings. The molecule has 0 saturated carbocycles. The summed E-state index contributed by atoms with van der Waals surface area (Å²) in [5.41, 5.74) is 7.39. The molecule has 0 spiro atoms. The SMILES string of the molecule is c1ccc(-c2nc(-c3ccc4oc5ccccc5c4c3)nc(-c3cccc4ccc(-c5ccc6ccccc6n5)cc34)n2)cc1. The molecule has 0 aliphatic rings. The standard InChI is InChI=1S/C40H24N4O/c1-2-10-27(11-3-1)38-42-39(29-20-22-37-33(24-29)30-13-5-7-16-36(30)45-37)44-40(43-38)31-14-8-12-25-17-18-28(23-32(25)31)35-21-19-26-9-4-6-15-34(26)41-35/h1-24H. The van der Waals surface area contributed by atoms with Gasteiger partial charge < -0.3 is 4.42 Å². The average Bonchev–Trinajstić information content (AvgIpc) is 3.49. The quantitative estimate of drug-likeness (QED) is 0.209. The molecule has 0 bridgehead atoms. The smallest absolute Gasteiger partial charge is 0.164 e. The number of hydrogen-bond acceptors (Lipinski definition) is 5. The van der Waals surface area contributed by atoms with Crippen molar-refractivity contribution in [2.24, 2.45) is 0 Å². The molecule has 0 N–H and O–H groups in total. The van der Waals surface area contributed by atoms with Crippen LogP contribution in [0.5, 0.6) is 0 Å². The molecule has 210 valence electrons. The third-order valence-electron chi connectivity index (χ3n) is 8.32. The van der Waals surface area contributed by atoms with E-state index in [1.807, 2.05) is 78.9 Å².